The standard InChI is InChI=1S/C30H30N2O/c1-24(2)28-20-12-13-21-29(28)32(23-26-16-8-4-9-17-26)30(33)31(27-18-10-5-11-19-27)22-25-14-6-3-7-15-25/h3-21,24H,22-23H2,1-2H3. The largest absolute Gasteiger partial charge is 0.329 e. The van der Waals surface area contributed by atoms with Gasteiger partial charge in [0.25, 0.3) is 0 Å². The van der Waals surface area contributed by atoms with Gasteiger partial charge in [-0.1, -0.05) is 111 Å². The molecule has 0 aliphatic carbocycles. The van der Waals surface area contributed by atoms with Crippen molar-refractivity contribution in [1.82, 2.24) is 0 Å². The van der Waals surface area contributed by atoms with Gasteiger partial charge >= 0.3 is 6.03 Å². The van der Waals surface area contributed by atoms with Crippen LogP contribution in [0.4, 0.5) is 16.2 Å². The van der Waals surface area contributed by atoms with Gasteiger partial charge in [0.2, 0.25) is 0 Å². The third-order valence-corrected chi connectivity index (χ3v) is 5.75. The summed E-state index contributed by atoms with van der Waals surface area (Å²) in [7, 11) is 0. The number of nitrogens with zero attached hydrogens (tertiary/aromatic N) is 2. The number of benzene rings is 4. The van der Waals surface area contributed by atoms with E-state index < -0.39 is 0 Å². The zero-order valence-electron chi connectivity index (χ0n) is 19.3. The summed E-state index contributed by atoms with van der Waals surface area (Å²) in [4.78, 5) is 18.1. The highest BCUT2D eigenvalue weighted by atomic mass is 16.2. The number of rotatable bonds is 7. The maximum Gasteiger partial charge on any atom is 0.329 e. The summed E-state index contributed by atoms with van der Waals surface area (Å²) < 4.78 is 0. The molecule has 3 heteroatoms. The number of hydrogen-bond acceptors (Lipinski definition) is 1. The molecule has 4 aromatic carbocycles. The number of urea groups is 1. The fourth-order valence-corrected chi connectivity index (χ4v) is 4.03. The van der Waals surface area contributed by atoms with Crippen LogP contribution in [-0.2, 0) is 13.1 Å². The van der Waals surface area contributed by atoms with Crippen LogP contribution in [0.1, 0.15) is 36.5 Å². The molecule has 0 fully saturated rings. The number of amides is 2. The van der Waals surface area contributed by atoms with Gasteiger partial charge < -0.3 is 0 Å². The van der Waals surface area contributed by atoms with Gasteiger partial charge in [-0.05, 0) is 40.8 Å². The second-order valence-electron chi connectivity index (χ2n) is 8.48. The molecule has 0 unspecified atom stereocenters. The number of carbonyl (C=O) groups excluding carboxylic acids is 1. The lowest BCUT2D eigenvalue weighted by molar-refractivity contribution is 0.251. The average Bonchev–Trinajstić information content (AvgIpc) is 2.87. The molecule has 0 aromatic heterocycles. The molecule has 3 nitrogen and oxygen atoms in total. The number of anilines is 2. The van der Waals surface area contributed by atoms with Gasteiger partial charge in [0.1, 0.15) is 0 Å². The summed E-state index contributed by atoms with van der Waals surface area (Å²) in [6.07, 6.45) is 0. The molecule has 0 aliphatic rings. The minimum Gasteiger partial charge on any atom is -0.290 e. The molecule has 0 saturated carbocycles. The Morgan fingerprint density at radius 2 is 1.06 bits per heavy atom. The Kier molecular flexibility index (Phi) is 7.21. The van der Waals surface area contributed by atoms with Crippen LogP contribution in [0.15, 0.2) is 115 Å². The van der Waals surface area contributed by atoms with Gasteiger partial charge in [-0.25, -0.2) is 4.79 Å². The van der Waals surface area contributed by atoms with Crippen molar-refractivity contribution in [3.63, 3.8) is 0 Å². The van der Waals surface area contributed by atoms with Gasteiger partial charge in [-0.3, -0.25) is 9.80 Å². The molecular formula is C30H30N2O. The molecule has 0 N–H and O–H groups in total. The van der Waals surface area contributed by atoms with Crippen molar-refractivity contribution >= 4 is 17.4 Å². The van der Waals surface area contributed by atoms with E-state index in [0.717, 1.165) is 28.1 Å². The van der Waals surface area contributed by atoms with Crippen LogP contribution < -0.4 is 9.80 Å². The fraction of sp³-hybridized carbons (Fsp3) is 0.167. The predicted molar refractivity (Wildman–Crippen MR) is 138 cm³/mol. The first-order valence-electron chi connectivity index (χ1n) is 11.4. The summed E-state index contributed by atoms with van der Waals surface area (Å²) in [5.74, 6) is 0.298. The lowest BCUT2D eigenvalue weighted by Crippen LogP contribution is -2.43. The van der Waals surface area contributed by atoms with E-state index >= 15 is 0 Å². The quantitative estimate of drug-likeness (QED) is 0.293. The second-order valence-corrected chi connectivity index (χ2v) is 8.48. The fourth-order valence-electron chi connectivity index (χ4n) is 4.03. The number of hydrogen-bond donors (Lipinski definition) is 0. The second kappa shape index (κ2) is 10.6. The van der Waals surface area contributed by atoms with E-state index in [-0.39, 0.29) is 6.03 Å². The molecule has 2 amide bonds. The normalized spacial score (nSPS) is 10.8. The van der Waals surface area contributed by atoms with Crippen LogP contribution in [0.3, 0.4) is 0 Å². The number of carbonyl (C=O) groups is 1. The van der Waals surface area contributed by atoms with E-state index in [1.54, 1.807) is 0 Å². The van der Waals surface area contributed by atoms with Gasteiger partial charge in [0.15, 0.2) is 0 Å². The van der Waals surface area contributed by atoms with Crippen molar-refractivity contribution in [2.75, 3.05) is 9.80 Å². The monoisotopic (exact) mass is 434 g/mol. The Labute approximate surface area is 196 Å². The van der Waals surface area contributed by atoms with E-state index in [1.807, 2.05) is 88.7 Å². The van der Waals surface area contributed by atoms with Crippen molar-refractivity contribution in [2.45, 2.75) is 32.9 Å². The zero-order valence-corrected chi connectivity index (χ0v) is 19.3. The molecule has 4 aromatic rings. The van der Waals surface area contributed by atoms with E-state index in [9.17, 15) is 4.79 Å². The van der Waals surface area contributed by atoms with Crippen molar-refractivity contribution in [3.05, 3.63) is 132 Å². The lowest BCUT2D eigenvalue weighted by Gasteiger charge is -2.33. The Hall–Kier alpha value is -3.85. The maximum absolute atomic E-state index is 14.3. The zero-order chi connectivity index (χ0) is 23.0. The molecule has 0 bridgehead atoms. The van der Waals surface area contributed by atoms with E-state index in [2.05, 4.69) is 50.2 Å². The van der Waals surface area contributed by atoms with E-state index in [1.165, 1.54) is 0 Å². The van der Waals surface area contributed by atoms with Crippen molar-refractivity contribution in [2.24, 2.45) is 0 Å². The van der Waals surface area contributed by atoms with Crippen molar-refractivity contribution in [1.29, 1.82) is 0 Å². The van der Waals surface area contributed by atoms with Crippen LogP contribution in [-0.4, -0.2) is 6.03 Å². The molecular weight excluding hydrogens is 404 g/mol. The third-order valence-electron chi connectivity index (χ3n) is 5.75. The summed E-state index contributed by atoms with van der Waals surface area (Å²) in [5.41, 5.74) is 5.18. The molecule has 0 aliphatic heterocycles. The lowest BCUT2D eigenvalue weighted by atomic mass is 10.00. The van der Waals surface area contributed by atoms with Crippen LogP contribution in [0.25, 0.3) is 0 Å². The number of para-hydroxylation sites is 2. The summed E-state index contributed by atoms with van der Waals surface area (Å²) in [6.45, 7) is 5.34. The Morgan fingerprint density at radius 3 is 1.61 bits per heavy atom. The molecule has 166 valence electrons. The highest BCUT2D eigenvalue weighted by Crippen LogP contribution is 2.31. The van der Waals surface area contributed by atoms with Gasteiger partial charge in [-0.15, -0.1) is 0 Å². The van der Waals surface area contributed by atoms with E-state index in [0.29, 0.717) is 19.0 Å². The maximum atomic E-state index is 14.3. The third kappa shape index (κ3) is 5.50. The summed E-state index contributed by atoms with van der Waals surface area (Å²) in [6, 6.07) is 38.4. The molecule has 0 radical (unpaired) electrons. The minimum absolute atomic E-state index is 0.0398. The van der Waals surface area contributed by atoms with Gasteiger partial charge in [0.05, 0.1) is 13.1 Å². The smallest absolute Gasteiger partial charge is 0.290 e. The topological polar surface area (TPSA) is 23.6 Å². The van der Waals surface area contributed by atoms with Crippen LogP contribution >= 0.6 is 0 Å². The summed E-state index contributed by atoms with van der Waals surface area (Å²) in [5, 5.41) is 0. The molecule has 0 atom stereocenters. The van der Waals surface area contributed by atoms with Crippen molar-refractivity contribution in [3.8, 4) is 0 Å². The molecule has 33 heavy (non-hydrogen) atoms. The van der Waals surface area contributed by atoms with Gasteiger partial charge in [0, 0.05) is 11.4 Å². The highest BCUT2D eigenvalue weighted by Gasteiger charge is 2.26. The van der Waals surface area contributed by atoms with Crippen LogP contribution in [0.2, 0.25) is 0 Å². The average molecular weight is 435 g/mol. The SMILES string of the molecule is CC(C)c1ccccc1N(Cc1ccccc1)C(=O)N(Cc1ccccc1)c1ccccc1. The van der Waals surface area contributed by atoms with Crippen molar-refractivity contribution < 1.29 is 4.79 Å². The van der Waals surface area contributed by atoms with Crippen LogP contribution in [0, 0.1) is 0 Å². The Morgan fingerprint density at radius 1 is 0.606 bits per heavy atom. The molecule has 0 saturated heterocycles. The first-order valence-corrected chi connectivity index (χ1v) is 11.4. The molecule has 0 spiro atoms. The Bertz CT molecular complexity index is 1160. The predicted octanol–water partition coefficient (Wildman–Crippen LogP) is 7.64. The van der Waals surface area contributed by atoms with Gasteiger partial charge in [-0.2, -0.15) is 0 Å². The molecule has 4 rings (SSSR count). The first kappa shape index (κ1) is 22.3. The molecule has 0 heterocycles. The summed E-state index contributed by atoms with van der Waals surface area (Å²) >= 11 is 0. The minimum atomic E-state index is -0.0398. The first-order chi connectivity index (χ1) is 16.1. The van der Waals surface area contributed by atoms with Crippen LogP contribution in [0.5, 0.6) is 0 Å². The highest BCUT2D eigenvalue weighted by molar-refractivity contribution is 6.04. The van der Waals surface area contributed by atoms with E-state index in [4.69, 9.17) is 0 Å². The Balaban J connectivity index is 1.79.